The standard InChI is InChI=1S/C17H21F2N3O4S/c1-21(2)27(23,24)10-11-8-26-9-15(11)22-5-4-20-17(22)16-13(18)6-12(25-3)7-14(16)19/h4-7,11,15H,8-10H2,1-3H3/t11-,15-/m1/s1. The van der Waals surface area contributed by atoms with Gasteiger partial charge in [-0.25, -0.2) is 26.5 Å². The van der Waals surface area contributed by atoms with Crippen molar-refractivity contribution in [1.29, 1.82) is 0 Å². The molecule has 2 aromatic rings. The van der Waals surface area contributed by atoms with Gasteiger partial charge in [0.2, 0.25) is 10.0 Å². The maximum absolute atomic E-state index is 14.5. The van der Waals surface area contributed by atoms with Crippen molar-refractivity contribution < 1.29 is 26.7 Å². The van der Waals surface area contributed by atoms with Crippen LogP contribution in [-0.2, 0) is 14.8 Å². The van der Waals surface area contributed by atoms with Crippen LogP contribution in [0.25, 0.3) is 11.4 Å². The van der Waals surface area contributed by atoms with Gasteiger partial charge >= 0.3 is 0 Å². The molecule has 1 aliphatic rings. The highest BCUT2D eigenvalue weighted by molar-refractivity contribution is 7.89. The lowest BCUT2D eigenvalue weighted by molar-refractivity contribution is 0.182. The van der Waals surface area contributed by atoms with Gasteiger partial charge in [-0.05, 0) is 0 Å². The highest BCUT2D eigenvalue weighted by Gasteiger charge is 2.36. The van der Waals surface area contributed by atoms with E-state index in [1.165, 1.54) is 27.4 Å². The molecule has 3 rings (SSSR count). The van der Waals surface area contributed by atoms with E-state index in [0.29, 0.717) is 0 Å². The first-order valence-electron chi connectivity index (χ1n) is 8.28. The molecule has 1 saturated heterocycles. The first-order chi connectivity index (χ1) is 12.7. The molecule has 0 saturated carbocycles. The summed E-state index contributed by atoms with van der Waals surface area (Å²) in [5, 5.41) is 0. The number of rotatable bonds is 6. The summed E-state index contributed by atoms with van der Waals surface area (Å²) in [6.45, 7) is 0.472. The average Bonchev–Trinajstić information content (AvgIpc) is 3.22. The van der Waals surface area contributed by atoms with Crippen molar-refractivity contribution in [1.82, 2.24) is 13.9 Å². The Kier molecular flexibility index (Phi) is 5.50. The SMILES string of the molecule is COc1cc(F)c(-c2nccn2[C@@H]2COC[C@@H]2CS(=O)(=O)N(C)C)c(F)c1. The van der Waals surface area contributed by atoms with E-state index in [9.17, 15) is 17.2 Å². The Balaban J connectivity index is 1.98. The van der Waals surface area contributed by atoms with E-state index >= 15 is 0 Å². The molecule has 148 valence electrons. The fraction of sp³-hybridized carbons (Fsp3) is 0.471. The second-order valence-electron chi connectivity index (χ2n) is 6.55. The van der Waals surface area contributed by atoms with Gasteiger partial charge in [-0.2, -0.15) is 0 Å². The molecule has 1 aromatic carbocycles. The van der Waals surface area contributed by atoms with Crippen molar-refractivity contribution in [2.75, 3.05) is 40.2 Å². The van der Waals surface area contributed by atoms with Crippen LogP contribution in [0.2, 0.25) is 0 Å². The molecule has 0 bridgehead atoms. The zero-order chi connectivity index (χ0) is 19.8. The Morgan fingerprint density at radius 1 is 1.30 bits per heavy atom. The highest BCUT2D eigenvalue weighted by atomic mass is 32.2. The molecule has 1 aromatic heterocycles. The monoisotopic (exact) mass is 401 g/mol. The molecule has 7 nitrogen and oxygen atoms in total. The summed E-state index contributed by atoms with van der Waals surface area (Å²) in [6.07, 6.45) is 3.00. The molecule has 0 N–H and O–H groups in total. The second-order valence-corrected chi connectivity index (χ2v) is 8.78. The van der Waals surface area contributed by atoms with Crippen molar-refractivity contribution in [3.8, 4) is 17.1 Å². The van der Waals surface area contributed by atoms with Gasteiger partial charge in [-0.1, -0.05) is 0 Å². The summed E-state index contributed by atoms with van der Waals surface area (Å²) in [5.74, 6) is -1.97. The van der Waals surface area contributed by atoms with E-state index in [1.54, 1.807) is 10.8 Å². The van der Waals surface area contributed by atoms with Crippen molar-refractivity contribution >= 4 is 10.0 Å². The molecule has 0 unspecified atom stereocenters. The maximum Gasteiger partial charge on any atom is 0.214 e. The Labute approximate surface area is 156 Å². The number of ether oxygens (including phenoxy) is 2. The Morgan fingerprint density at radius 3 is 2.56 bits per heavy atom. The first kappa shape index (κ1) is 19.7. The number of hydrogen-bond acceptors (Lipinski definition) is 5. The number of sulfonamides is 1. The minimum atomic E-state index is -3.45. The largest absolute Gasteiger partial charge is 0.497 e. The Morgan fingerprint density at radius 2 is 1.96 bits per heavy atom. The predicted molar refractivity (Wildman–Crippen MR) is 95.0 cm³/mol. The number of aromatic nitrogens is 2. The lowest BCUT2D eigenvalue weighted by Gasteiger charge is -2.23. The molecular formula is C17H21F2N3O4S. The summed E-state index contributed by atoms with van der Waals surface area (Å²) in [7, 11) is 0.793. The molecule has 10 heteroatoms. The van der Waals surface area contributed by atoms with E-state index in [-0.39, 0.29) is 42.0 Å². The number of nitrogens with zero attached hydrogens (tertiary/aromatic N) is 3. The quantitative estimate of drug-likeness (QED) is 0.739. The molecular weight excluding hydrogens is 380 g/mol. The number of imidazole rings is 1. The molecule has 0 amide bonds. The first-order valence-corrected chi connectivity index (χ1v) is 9.89. The predicted octanol–water partition coefficient (Wildman–Crippen LogP) is 1.92. The molecule has 2 heterocycles. The smallest absolute Gasteiger partial charge is 0.214 e. The van der Waals surface area contributed by atoms with E-state index in [1.807, 2.05) is 0 Å². The van der Waals surface area contributed by atoms with Gasteiger partial charge in [0.25, 0.3) is 0 Å². The van der Waals surface area contributed by atoms with Gasteiger partial charge in [0.15, 0.2) is 0 Å². The van der Waals surface area contributed by atoms with Gasteiger partial charge in [-0.3, -0.25) is 0 Å². The highest BCUT2D eigenvalue weighted by Crippen LogP contribution is 2.34. The molecule has 1 fully saturated rings. The lowest BCUT2D eigenvalue weighted by atomic mass is 10.1. The van der Waals surface area contributed by atoms with Gasteiger partial charge in [0.05, 0.1) is 37.7 Å². The van der Waals surface area contributed by atoms with E-state index in [0.717, 1.165) is 16.4 Å². The Bertz CT molecular complexity index is 907. The number of hydrogen-bond donors (Lipinski definition) is 0. The minimum absolute atomic E-state index is 0.0611. The van der Waals surface area contributed by atoms with Crippen LogP contribution in [0, 0.1) is 17.6 Å². The van der Waals surface area contributed by atoms with E-state index in [2.05, 4.69) is 4.98 Å². The van der Waals surface area contributed by atoms with Crippen LogP contribution in [0.4, 0.5) is 8.78 Å². The number of halogens is 2. The zero-order valence-electron chi connectivity index (χ0n) is 15.2. The summed E-state index contributed by atoms with van der Waals surface area (Å²) < 4.78 is 66.6. The topological polar surface area (TPSA) is 73.7 Å². The molecule has 0 spiro atoms. The summed E-state index contributed by atoms with van der Waals surface area (Å²) in [4.78, 5) is 4.10. The fourth-order valence-corrected chi connectivity index (χ4v) is 4.29. The van der Waals surface area contributed by atoms with Crippen LogP contribution in [-0.4, -0.2) is 62.4 Å². The second kappa shape index (κ2) is 7.53. The lowest BCUT2D eigenvalue weighted by Crippen LogP contribution is -2.32. The number of benzene rings is 1. The average molecular weight is 401 g/mol. The molecule has 1 aliphatic heterocycles. The fourth-order valence-electron chi connectivity index (χ4n) is 3.13. The zero-order valence-corrected chi connectivity index (χ0v) is 16.0. The third-order valence-corrected chi connectivity index (χ3v) is 6.61. The van der Waals surface area contributed by atoms with E-state index in [4.69, 9.17) is 9.47 Å². The number of methoxy groups -OCH3 is 1. The summed E-state index contributed by atoms with van der Waals surface area (Å²) in [5.41, 5.74) is -0.290. The van der Waals surface area contributed by atoms with Gasteiger partial charge in [-0.15, -0.1) is 0 Å². The van der Waals surface area contributed by atoms with Gasteiger partial charge in [0.1, 0.15) is 23.2 Å². The van der Waals surface area contributed by atoms with Crippen LogP contribution in [0.3, 0.4) is 0 Å². The van der Waals surface area contributed by atoms with Crippen LogP contribution >= 0.6 is 0 Å². The summed E-state index contributed by atoms with van der Waals surface area (Å²) >= 11 is 0. The van der Waals surface area contributed by atoms with Crippen LogP contribution in [0.1, 0.15) is 6.04 Å². The maximum atomic E-state index is 14.5. The van der Waals surface area contributed by atoms with Crippen molar-refractivity contribution in [2.45, 2.75) is 6.04 Å². The van der Waals surface area contributed by atoms with Crippen molar-refractivity contribution in [3.63, 3.8) is 0 Å². The minimum Gasteiger partial charge on any atom is -0.497 e. The Hall–Kier alpha value is -2.04. The normalized spacial score (nSPS) is 20.4. The van der Waals surface area contributed by atoms with Crippen LogP contribution in [0.5, 0.6) is 5.75 Å². The molecule has 27 heavy (non-hydrogen) atoms. The third kappa shape index (κ3) is 3.83. The van der Waals surface area contributed by atoms with Gasteiger partial charge in [0, 0.05) is 44.5 Å². The van der Waals surface area contributed by atoms with Crippen molar-refractivity contribution in [2.24, 2.45) is 5.92 Å². The van der Waals surface area contributed by atoms with Crippen molar-refractivity contribution in [3.05, 3.63) is 36.2 Å². The third-order valence-electron chi connectivity index (χ3n) is 4.65. The van der Waals surface area contributed by atoms with Crippen LogP contribution < -0.4 is 4.74 Å². The molecule has 0 radical (unpaired) electrons. The van der Waals surface area contributed by atoms with Crippen LogP contribution in [0.15, 0.2) is 24.5 Å². The van der Waals surface area contributed by atoms with Gasteiger partial charge < -0.3 is 14.0 Å². The molecule has 0 aliphatic carbocycles. The van der Waals surface area contributed by atoms with E-state index < -0.39 is 27.7 Å². The summed E-state index contributed by atoms with van der Waals surface area (Å²) in [6, 6.07) is 1.76. The molecule has 2 atom stereocenters.